The summed E-state index contributed by atoms with van der Waals surface area (Å²) in [5.74, 6) is -0.314. The van der Waals surface area contributed by atoms with Crippen LogP contribution in [-0.2, 0) is 14.8 Å². The second-order valence-corrected chi connectivity index (χ2v) is 10.5. The van der Waals surface area contributed by atoms with Crippen LogP contribution in [0.2, 0.25) is 0 Å². The van der Waals surface area contributed by atoms with Gasteiger partial charge < -0.3 is 14.6 Å². The first kappa shape index (κ1) is 25.0. The summed E-state index contributed by atoms with van der Waals surface area (Å²) in [6.45, 7) is 1.89. The number of esters is 1. The molecule has 192 valence electrons. The molecule has 0 radical (unpaired) electrons. The number of rotatable bonds is 6. The number of carbonyl (C=O) groups excluding carboxylic acids is 1. The van der Waals surface area contributed by atoms with Crippen molar-refractivity contribution in [2.45, 2.75) is 11.8 Å². The summed E-state index contributed by atoms with van der Waals surface area (Å²) in [7, 11) is -1.19. The maximum Gasteiger partial charge on any atom is 0.341 e. The Morgan fingerprint density at radius 1 is 0.921 bits per heavy atom. The molecule has 0 fully saturated rings. The van der Waals surface area contributed by atoms with Crippen LogP contribution in [-0.4, -0.2) is 42.7 Å². The number of phenols is 1. The number of phenolic OH excluding ortho intramolecular Hbond substituents is 1. The summed E-state index contributed by atoms with van der Waals surface area (Å²) in [5.41, 5.74) is 3.70. The predicted molar refractivity (Wildman–Crippen MR) is 144 cm³/mol. The number of fused-ring (bicyclic) bond motifs is 1. The lowest BCUT2D eigenvalue weighted by molar-refractivity contribution is 0.0597. The van der Waals surface area contributed by atoms with Crippen molar-refractivity contribution in [2.75, 3.05) is 14.2 Å². The summed E-state index contributed by atoms with van der Waals surface area (Å²) in [5, 5.41) is 10.7. The van der Waals surface area contributed by atoms with E-state index in [2.05, 4.69) is 4.98 Å². The number of ether oxygens (including phenoxy) is 2. The van der Waals surface area contributed by atoms with Gasteiger partial charge in [-0.05, 0) is 48.9 Å². The van der Waals surface area contributed by atoms with E-state index in [0.717, 1.165) is 5.56 Å². The van der Waals surface area contributed by atoms with Crippen molar-refractivity contribution < 1.29 is 27.8 Å². The van der Waals surface area contributed by atoms with E-state index in [1.54, 1.807) is 55.8 Å². The van der Waals surface area contributed by atoms with Gasteiger partial charge in [-0.1, -0.05) is 42.0 Å². The van der Waals surface area contributed by atoms with Crippen LogP contribution >= 0.6 is 0 Å². The molecule has 8 nitrogen and oxygen atoms in total. The number of aryl methyl sites for hydroxylation is 1. The molecule has 0 bridgehead atoms. The van der Waals surface area contributed by atoms with Crippen LogP contribution in [0.5, 0.6) is 11.5 Å². The average Bonchev–Trinajstić information content (AvgIpc) is 3.32. The van der Waals surface area contributed by atoms with Crippen LogP contribution in [0, 0.1) is 6.92 Å². The molecule has 5 rings (SSSR count). The smallest absolute Gasteiger partial charge is 0.341 e. The van der Waals surface area contributed by atoms with E-state index in [1.807, 2.05) is 25.1 Å². The molecule has 2 heterocycles. The fraction of sp³-hybridized carbons (Fsp3) is 0.103. The van der Waals surface area contributed by atoms with Gasteiger partial charge in [-0.3, -0.25) is 0 Å². The third-order valence-corrected chi connectivity index (χ3v) is 7.99. The molecule has 3 aromatic carbocycles. The van der Waals surface area contributed by atoms with Crippen LogP contribution in [0.3, 0.4) is 0 Å². The Bertz CT molecular complexity index is 1790. The highest BCUT2D eigenvalue weighted by molar-refractivity contribution is 7.90. The molecule has 0 aliphatic rings. The van der Waals surface area contributed by atoms with Gasteiger partial charge >= 0.3 is 5.97 Å². The molecular weight excluding hydrogens is 504 g/mol. The number of benzene rings is 3. The molecule has 0 aliphatic heterocycles. The number of methoxy groups -OCH3 is 2. The molecule has 1 N–H and O–H groups in total. The Morgan fingerprint density at radius 3 is 2.37 bits per heavy atom. The lowest BCUT2D eigenvalue weighted by atomic mass is 10.00. The summed E-state index contributed by atoms with van der Waals surface area (Å²) < 4.78 is 38.9. The van der Waals surface area contributed by atoms with Crippen molar-refractivity contribution in [2.24, 2.45) is 0 Å². The second kappa shape index (κ2) is 9.68. The van der Waals surface area contributed by atoms with Crippen LogP contribution in [0.15, 0.2) is 90.1 Å². The number of pyridine rings is 1. The minimum Gasteiger partial charge on any atom is -0.507 e. The van der Waals surface area contributed by atoms with E-state index in [9.17, 15) is 18.3 Å². The highest BCUT2D eigenvalue weighted by Crippen LogP contribution is 2.39. The zero-order valence-electron chi connectivity index (χ0n) is 20.9. The molecule has 9 heteroatoms. The minimum absolute atomic E-state index is 0.00886. The average molecular weight is 529 g/mol. The quantitative estimate of drug-likeness (QED) is 0.293. The number of hydrogen-bond acceptors (Lipinski definition) is 7. The maximum atomic E-state index is 13.7. The normalized spacial score (nSPS) is 11.4. The van der Waals surface area contributed by atoms with Gasteiger partial charge in [-0.15, -0.1) is 0 Å². The zero-order chi connectivity index (χ0) is 27.0. The second-order valence-electron chi connectivity index (χ2n) is 8.68. The highest BCUT2D eigenvalue weighted by atomic mass is 32.2. The Morgan fingerprint density at radius 2 is 1.66 bits per heavy atom. The van der Waals surface area contributed by atoms with Gasteiger partial charge in [0, 0.05) is 34.5 Å². The van der Waals surface area contributed by atoms with Crippen molar-refractivity contribution in [3.8, 4) is 33.8 Å². The van der Waals surface area contributed by atoms with E-state index < -0.39 is 16.0 Å². The fourth-order valence-electron chi connectivity index (χ4n) is 4.32. The van der Waals surface area contributed by atoms with Crippen LogP contribution in [0.4, 0.5) is 0 Å². The van der Waals surface area contributed by atoms with E-state index in [4.69, 9.17) is 9.47 Å². The van der Waals surface area contributed by atoms with Gasteiger partial charge in [0.25, 0.3) is 10.0 Å². The molecule has 0 unspecified atom stereocenters. The van der Waals surface area contributed by atoms with Crippen LogP contribution in [0.1, 0.15) is 15.9 Å². The van der Waals surface area contributed by atoms with Gasteiger partial charge in [0.2, 0.25) is 0 Å². The molecule has 0 aliphatic carbocycles. The van der Waals surface area contributed by atoms with Crippen molar-refractivity contribution >= 4 is 27.0 Å². The van der Waals surface area contributed by atoms with Crippen molar-refractivity contribution in [1.29, 1.82) is 0 Å². The summed E-state index contributed by atoms with van der Waals surface area (Å²) in [6, 6.07) is 20.3. The molecule has 0 atom stereocenters. The molecule has 38 heavy (non-hydrogen) atoms. The Kier molecular flexibility index (Phi) is 6.38. The molecule has 2 aromatic heterocycles. The first-order valence-corrected chi connectivity index (χ1v) is 13.1. The molecule has 5 aromatic rings. The van der Waals surface area contributed by atoms with E-state index >= 15 is 0 Å². The summed E-state index contributed by atoms with van der Waals surface area (Å²) in [6.07, 6.45) is 3.08. The van der Waals surface area contributed by atoms with Gasteiger partial charge in [0.1, 0.15) is 17.1 Å². The number of aromatic hydroxyl groups is 1. The van der Waals surface area contributed by atoms with Crippen LogP contribution in [0.25, 0.3) is 33.3 Å². The number of nitrogens with zero attached hydrogens (tertiary/aromatic N) is 2. The zero-order valence-corrected chi connectivity index (χ0v) is 21.7. The Balaban J connectivity index is 1.77. The van der Waals surface area contributed by atoms with E-state index in [-0.39, 0.29) is 21.9 Å². The van der Waals surface area contributed by atoms with Crippen LogP contribution < -0.4 is 4.74 Å². The fourth-order valence-corrected chi connectivity index (χ4v) is 5.64. The molecule has 0 saturated carbocycles. The standard InChI is InChI=1S/C29H24N2O6S/c1-18-8-11-21(12-9-18)38(34,35)31-17-25(22-6-4-5-7-27(22)36-2)23-15-20(16-30-28(23)31)19-10-13-26(32)24(14-19)29(33)37-3/h4-17,32H,1-3H3. The molecule has 0 amide bonds. The molecule has 0 spiro atoms. The summed E-state index contributed by atoms with van der Waals surface area (Å²) in [4.78, 5) is 16.8. The Labute approximate surface area is 219 Å². The third kappa shape index (κ3) is 4.26. The lowest BCUT2D eigenvalue weighted by Gasteiger charge is -2.09. The number of carbonyl (C=O) groups is 1. The minimum atomic E-state index is -3.97. The maximum absolute atomic E-state index is 13.7. The van der Waals surface area contributed by atoms with Crippen molar-refractivity contribution in [3.05, 3.63) is 96.3 Å². The molecular formula is C29H24N2O6S. The highest BCUT2D eigenvalue weighted by Gasteiger charge is 2.24. The molecule has 0 saturated heterocycles. The number of para-hydroxylation sites is 1. The van der Waals surface area contributed by atoms with Crippen molar-refractivity contribution in [3.63, 3.8) is 0 Å². The monoisotopic (exact) mass is 528 g/mol. The van der Waals surface area contributed by atoms with Gasteiger partial charge in [-0.25, -0.2) is 22.2 Å². The topological polar surface area (TPSA) is 108 Å². The van der Waals surface area contributed by atoms with E-state index in [0.29, 0.717) is 33.4 Å². The van der Waals surface area contributed by atoms with Gasteiger partial charge in [0.05, 0.1) is 19.1 Å². The van der Waals surface area contributed by atoms with Gasteiger partial charge in [-0.2, -0.15) is 0 Å². The number of aromatic nitrogens is 2. The first-order valence-electron chi connectivity index (χ1n) is 11.6. The first-order chi connectivity index (χ1) is 18.2. The van der Waals surface area contributed by atoms with Gasteiger partial charge in [0.15, 0.2) is 5.65 Å². The SMILES string of the molecule is COC(=O)c1cc(-c2cnc3c(c2)c(-c2ccccc2OC)cn3S(=O)(=O)c2ccc(C)cc2)ccc1O. The summed E-state index contributed by atoms with van der Waals surface area (Å²) >= 11 is 0. The predicted octanol–water partition coefficient (Wildman–Crippen LogP) is 5.42. The lowest BCUT2D eigenvalue weighted by Crippen LogP contribution is -2.12. The largest absolute Gasteiger partial charge is 0.507 e. The number of hydrogen-bond donors (Lipinski definition) is 1. The Hall–Kier alpha value is -4.63. The third-order valence-electron chi connectivity index (χ3n) is 6.32. The van der Waals surface area contributed by atoms with E-state index in [1.165, 1.54) is 29.4 Å². The van der Waals surface area contributed by atoms with Crippen molar-refractivity contribution in [1.82, 2.24) is 8.96 Å².